The molecule has 1 saturated heterocycles. The van der Waals surface area contributed by atoms with Gasteiger partial charge in [-0.25, -0.2) is 0 Å². The Morgan fingerprint density at radius 3 is 2.56 bits per heavy atom. The summed E-state index contributed by atoms with van der Waals surface area (Å²) in [6.07, 6.45) is 2.43. The van der Waals surface area contributed by atoms with Crippen molar-refractivity contribution in [2.75, 3.05) is 26.7 Å². The van der Waals surface area contributed by atoms with Crippen LogP contribution in [0.25, 0.3) is 0 Å². The van der Waals surface area contributed by atoms with Gasteiger partial charge in [0.1, 0.15) is 0 Å². The molecule has 2 fully saturated rings. The number of rotatable bonds is 3. The molecule has 18 heavy (non-hydrogen) atoms. The average molecular weight is 254 g/mol. The summed E-state index contributed by atoms with van der Waals surface area (Å²) in [5.74, 6) is -1.46. The Bertz CT molecular complexity index is 345. The number of likely N-dealkylation sites (N-methyl/N-ethyl adjacent to an activating group) is 1. The summed E-state index contributed by atoms with van der Waals surface area (Å²) in [6, 6.07) is 0.236. The van der Waals surface area contributed by atoms with Gasteiger partial charge < -0.3 is 14.9 Å². The van der Waals surface area contributed by atoms with Gasteiger partial charge in [0, 0.05) is 19.1 Å². The molecule has 5 nitrogen and oxygen atoms in total. The Kier molecular flexibility index (Phi) is 3.90. The van der Waals surface area contributed by atoms with Crippen LogP contribution in [0.1, 0.15) is 26.2 Å². The fourth-order valence-electron chi connectivity index (χ4n) is 2.84. The normalized spacial score (nSPS) is 33.0. The summed E-state index contributed by atoms with van der Waals surface area (Å²) in [4.78, 5) is 27.4. The fraction of sp³-hybridized carbons (Fsp3) is 0.846. The van der Waals surface area contributed by atoms with E-state index in [2.05, 4.69) is 18.9 Å². The average Bonchev–Trinajstić information content (AvgIpc) is 3.11. The van der Waals surface area contributed by atoms with E-state index in [9.17, 15) is 9.59 Å². The van der Waals surface area contributed by atoms with Gasteiger partial charge >= 0.3 is 5.97 Å². The molecule has 0 radical (unpaired) electrons. The maximum absolute atomic E-state index is 12.3. The van der Waals surface area contributed by atoms with Crippen molar-refractivity contribution in [2.45, 2.75) is 32.2 Å². The maximum Gasteiger partial charge on any atom is 0.307 e. The highest BCUT2D eigenvalue weighted by Gasteiger charge is 2.50. The van der Waals surface area contributed by atoms with E-state index in [-0.39, 0.29) is 17.9 Å². The standard InChI is InChI=1S/C13H22N2O3/c1-3-9-8-14(2)5-4-6-15(9)12(16)10-7-11(10)13(17)18/h9-11H,3-8H2,1-2H3,(H,17,18)/t9?,10-,11+/m1/s1. The Labute approximate surface area is 108 Å². The molecule has 1 N–H and O–H groups in total. The number of amides is 1. The smallest absolute Gasteiger partial charge is 0.307 e. The zero-order chi connectivity index (χ0) is 13.3. The van der Waals surface area contributed by atoms with Crippen molar-refractivity contribution in [3.8, 4) is 0 Å². The van der Waals surface area contributed by atoms with Crippen molar-refractivity contribution in [1.82, 2.24) is 9.80 Å². The molecule has 0 spiro atoms. The third-order valence-corrected chi connectivity index (χ3v) is 4.08. The van der Waals surface area contributed by atoms with Crippen LogP contribution >= 0.6 is 0 Å². The predicted molar refractivity (Wildman–Crippen MR) is 67.1 cm³/mol. The minimum absolute atomic E-state index is 0.0598. The van der Waals surface area contributed by atoms with Crippen LogP contribution in [0.4, 0.5) is 0 Å². The van der Waals surface area contributed by atoms with Crippen LogP contribution in [-0.2, 0) is 9.59 Å². The maximum atomic E-state index is 12.3. The van der Waals surface area contributed by atoms with Gasteiger partial charge in [-0.1, -0.05) is 6.92 Å². The van der Waals surface area contributed by atoms with E-state index in [0.717, 1.165) is 32.5 Å². The quantitative estimate of drug-likeness (QED) is 0.803. The lowest BCUT2D eigenvalue weighted by Gasteiger charge is -2.30. The lowest BCUT2D eigenvalue weighted by Crippen LogP contribution is -2.44. The third kappa shape index (κ3) is 2.66. The first-order valence-electron chi connectivity index (χ1n) is 6.76. The topological polar surface area (TPSA) is 60.9 Å². The van der Waals surface area contributed by atoms with Crippen LogP contribution in [0.2, 0.25) is 0 Å². The first-order chi connectivity index (χ1) is 8.54. The van der Waals surface area contributed by atoms with E-state index in [1.807, 2.05) is 4.90 Å². The Hall–Kier alpha value is -1.10. The number of hydrogen-bond donors (Lipinski definition) is 1. The van der Waals surface area contributed by atoms with Gasteiger partial charge in [0.15, 0.2) is 0 Å². The van der Waals surface area contributed by atoms with E-state index < -0.39 is 11.9 Å². The molecule has 1 aliphatic heterocycles. The molecule has 1 unspecified atom stereocenters. The van der Waals surface area contributed by atoms with Crippen molar-refractivity contribution in [3.05, 3.63) is 0 Å². The second-order valence-corrected chi connectivity index (χ2v) is 5.50. The largest absolute Gasteiger partial charge is 0.481 e. The summed E-state index contributed by atoms with van der Waals surface area (Å²) in [5, 5.41) is 8.91. The summed E-state index contributed by atoms with van der Waals surface area (Å²) in [6.45, 7) is 4.76. The second-order valence-electron chi connectivity index (χ2n) is 5.50. The van der Waals surface area contributed by atoms with Crippen LogP contribution in [0, 0.1) is 11.8 Å². The SMILES string of the molecule is CCC1CN(C)CCCN1C(=O)[C@@H]1C[C@@H]1C(=O)O. The molecular weight excluding hydrogens is 232 g/mol. The van der Waals surface area contributed by atoms with Gasteiger partial charge in [0.05, 0.1) is 11.8 Å². The zero-order valence-corrected chi connectivity index (χ0v) is 11.1. The number of carbonyl (C=O) groups excluding carboxylic acids is 1. The number of aliphatic carboxylic acids is 1. The van der Waals surface area contributed by atoms with Gasteiger partial charge in [-0.05, 0) is 32.9 Å². The lowest BCUT2D eigenvalue weighted by molar-refractivity contribution is -0.142. The Morgan fingerprint density at radius 2 is 2.00 bits per heavy atom. The Morgan fingerprint density at radius 1 is 1.28 bits per heavy atom. The van der Waals surface area contributed by atoms with E-state index in [1.165, 1.54) is 0 Å². The first-order valence-corrected chi connectivity index (χ1v) is 6.76. The van der Waals surface area contributed by atoms with E-state index in [4.69, 9.17) is 5.11 Å². The van der Waals surface area contributed by atoms with Crippen LogP contribution in [0.3, 0.4) is 0 Å². The molecular formula is C13H22N2O3. The molecule has 0 aromatic carbocycles. The number of nitrogens with zero attached hydrogens (tertiary/aromatic N) is 2. The molecule has 5 heteroatoms. The fourth-order valence-corrected chi connectivity index (χ4v) is 2.84. The van der Waals surface area contributed by atoms with Crippen LogP contribution in [-0.4, -0.2) is 59.5 Å². The minimum Gasteiger partial charge on any atom is -0.481 e. The van der Waals surface area contributed by atoms with Crippen LogP contribution in [0.15, 0.2) is 0 Å². The number of carbonyl (C=O) groups is 2. The van der Waals surface area contributed by atoms with E-state index in [0.29, 0.717) is 6.42 Å². The summed E-state index contributed by atoms with van der Waals surface area (Å²) in [5.41, 5.74) is 0. The molecule has 0 aromatic rings. The highest BCUT2D eigenvalue weighted by molar-refractivity contribution is 5.89. The molecule has 1 amide bonds. The van der Waals surface area contributed by atoms with E-state index in [1.54, 1.807) is 0 Å². The van der Waals surface area contributed by atoms with Crippen molar-refractivity contribution in [3.63, 3.8) is 0 Å². The molecule has 0 bridgehead atoms. The molecule has 1 aliphatic carbocycles. The minimum atomic E-state index is -0.826. The molecule has 0 aromatic heterocycles. The van der Waals surface area contributed by atoms with E-state index >= 15 is 0 Å². The summed E-state index contributed by atoms with van der Waals surface area (Å²) < 4.78 is 0. The van der Waals surface area contributed by atoms with Gasteiger partial charge in [-0.15, -0.1) is 0 Å². The van der Waals surface area contributed by atoms with Gasteiger partial charge in [0.25, 0.3) is 0 Å². The van der Waals surface area contributed by atoms with Crippen molar-refractivity contribution < 1.29 is 14.7 Å². The lowest BCUT2D eigenvalue weighted by atomic mass is 10.1. The summed E-state index contributed by atoms with van der Waals surface area (Å²) in [7, 11) is 2.08. The van der Waals surface area contributed by atoms with Gasteiger partial charge in [0.2, 0.25) is 5.91 Å². The monoisotopic (exact) mass is 254 g/mol. The third-order valence-electron chi connectivity index (χ3n) is 4.08. The zero-order valence-electron chi connectivity index (χ0n) is 11.1. The highest BCUT2D eigenvalue weighted by atomic mass is 16.4. The molecule has 102 valence electrons. The molecule has 1 saturated carbocycles. The van der Waals surface area contributed by atoms with Gasteiger partial charge in [-0.2, -0.15) is 0 Å². The second kappa shape index (κ2) is 5.26. The highest BCUT2D eigenvalue weighted by Crippen LogP contribution is 2.40. The van der Waals surface area contributed by atoms with Crippen molar-refractivity contribution >= 4 is 11.9 Å². The molecule has 1 heterocycles. The number of hydrogen-bond acceptors (Lipinski definition) is 3. The molecule has 3 atom stereocenters. The Balaban J connectivity index is 2.01. The van der Waals surface area contributed by atoms with Gasteiger partial charge in [-0.3, -0.25) is 9.59 Å². The number of carboxylic acid groups (broad SMARTS) is 1. The van der Waals surface area contributed by atoms with Crippen LogP contribution in [0.5, 0.6) is 0 Å². The number of carboxylic acids is 1. The van der Waals surface area contributed by atoms with Crippen molar-refractivity contribution in [2.24, 2.45) is 11.8 Å². The predicted octanol–water partition coefficient (Wildman–Crippen LogP) is 0.650. The molecule has 2 rings (SSSR count). The van der Waals surface area contributed by atoms with Crippen LogP contribution < -0.4 is 0 Å². The first kappa shape index (κ1) is 13.3. The summed E-state index contributed by atoms with van der Waals surface area (Å²) >= 11 is 0. The molecule has 2 aliphatic rings. The van der Waals surface area contributed by atoms with Crippen molar-refractivity contribution in [1.29, 1.82) is 0 Å².